The van der Waals surface area contributed by atoms with Gasteiger partial charge in [-0.05, 0) is 25.7 Å². The maximum atomic E-state index is 12.5. The molecule has 2 rings (SSSR count). The van der Waals surface area contributed by atoms with Gasteiger partial charge in [0.05, 0.1) is 7.11 Å². The summed E-state index contributed by atoms with van der Waals surface area (Å²) in [6.45, 7) is 4.00. The number of hydrogen-bond donors (Lipinski definition) is 2. The van der Waals surface area contributed by atoms with Crippen LogP contribution in [0.3, 0.4) is 0 Å². The Morgan fingerprint density at radius 3 is 2.50 bits per heavy atom. The summed E-state index contributed by atoms with van der Waals surface area (Å²) in [6, 6.07) is -1.69. The number of nitrogens with zero attached hydrogens (tertiary/aromatic N) is 1. The zero-order valence-corrected chi connectivity index (χ0v) is 13.2. The molecule has 7 heteroatoms. The Hall–Kier alpha value is -2.05. The molecule has 2 aliphatic heterocycles. The fraction of sp³-hybridized carbons (Fsp3) is 0.667. The third-order valence-corrected chi connectivity index (χ3v) is 3.76. The van der Waals surface area contributed by atoms with Gasteiger partial charge in [0.1, 0.15) is 12.1 Å². The first-order valence-corrected chi connectivity index (χ1v) is 7.59. The highest BCUT2D eigenvalue weighted by Gasteiger charge is 2.43. The third-order valence-electron chi connectivity index (χ3n) is 3.76. The van der Waals surface area contributed by atoms with Crippen molar-refractivity contribution in [3.05, 3.63) is 12.2 Å². The van der Waals surface area contributed by atoms with Gasteiger partial charge in [-0.25, -0.2) is 9.59 Å². The summed E-state index contributed by atoms with van der Waals surface area (Å²) in [5, 5.41) is 11.7. The number of alkyl carbamates (subject to hydrolysis) is 1. The Morgan fingerprint density at radius 1 is 1.27 bits per heavy atom. The molecular weight excluding hydrogens is 288 g/mol. The Labute approximate surface area is 130 Å². The maximum absolute atomic E-state index is 12.5. The SMILES string of the molecule is CC.COC(=O)N[C@H]1C/C=C\C[C@@H]2CC[C@@H](C(=O)O)N2C1=O. The van der Waals surface area contributed by atoms with Gasteiger partial charge >= 0.3 is 12.1 Å². The average Bonchev–Trinajstić information content (AvgIpc) is 2.93. The molecule has 124 valence electrons. The number of carboxylic acid groups (broad SMARTS) is 1. The Kier molecular flexibility index (Phi) is 6.88. The van der Waals surface area contributed by atoms with Crippen LogP contribution in [0.15, 0.2) is 12.2 Å². The van der Waals surface area contributed by atoms with Gasteiger partial charge in [0.15, 0.2) is 0 Å². The van der Waals surface area contributed by atoms with Crippen molar-refractivity contribution in [2.24, 2.45) is 0 Å². The summed E-state index contributed by atoms with van der Waals surface area (Å²) in [4.78, 5) is 36.5. The minimum Gasteiger partial charge on any atom is -0.480 e. The van der Waals surface area contributed by atoms with Gasteiger partial charge in [0.2, 0.25) is 5.91 Å². The van der Waals surface area contributed by atoms with E-state index >= 15 is 0 Å². The molecule has 0 aliphatic carbocycles. The molecule has 0 bridgehead atoms. The first-order chi connectivity index (χ1) is 10.5. The zero-order chi connectivity index (χ0) is 16.7. The summed E-state index contributed by atoms with van der Waals surface area (Å²) in [6.07, 6.45) is 5.18. The van der Waals surface area contributed by atoms with Gasteiger partial charge in [-0.3, -0.25) is 4.79 Å². The van der Waals surface area contributed by atoms with Crippen molar-refractivity contribution in [2.75, 3.05) is 7.11 Å². The largest absolute Gasteiger partial charge is 0.480 e. The second kappa shape index (κ2) is 8.41. The number of carbonyl (C=O) groups excluding carboxylic acids is 2. The van der Waals surface area contributed by atoms with Gasteiger partial charge in [-0.1, -0.05) is 26.0 Å². The van der Waals surface area contributed by atoms with E-state index in [9.17, 15) is 19.5 Å². The van der Waals surface area contributed by atoms with Crippen molar-refractivity contribution in [1.82, 2.24) is 10.2 Å². The van der Waals surface area contributed by atoms with Crippen LogP contribution >= 0.6 is 0 Å². The van der Waals surface area contributed by atoms with Crippen LogP contribution in [0.25, 0.3) is 0 Å². The maximum Gasteiger partial charge on any atom is 0.407 e. The van der Waals surface area contributed by atoms with Crippen LogP contribution in [0.5, 0.6) is 0 Å². The van der Waals surface area contributed by atoms with E-state index in [4.69, 9.17) is 0 Å². The molecule has 2 N–H and O–H groups in total. The second-order valence-corrected chi connectivity index (χ2v) is 4.96. The molecule has 0 aromatic carbocycles. The molecule has 0 unspecified atom stereocenters. The first kappa shape index (κ1) is 18.0. The van der Waals surface area contributed by atoms with Gasteiger partial charge in [-0.2, -0.15) is 0 Å². The number of aliphatic carboxylic acids is 1. The summed E-state index contributed by atoms with van der Waals surface area (Å²) in [5.74, 6) is -1.35. The third kappa shape index (κ3) is 3.99. The van der Waals surface area contributed by atoms with Crippen molar-refractivity contribution in [1.29, 1.82) is 0 Å². The van der Waals surface area contributed by atoms with Gasteiger partial charge in [0, 0.05) is 6.04 Å². The first-order valence-electron chi connectivity index (χ1n) is 7.59. The molecule has 2 heterocycles. The summed E-state index contributed by atoms with van der Waals surface area (Å²) >= 11 is 0. The lowest BCUT2D eigenvalue weighted by Gasteiger charge is -2.32. The lowest BCUT2D eigenvalue weighted by atomic mass is 10.0. The van der Waals surface area contributed by atoms with E-state index in [1.165, 1.54) is 12.0 Å². The lowest BCUT2D eigenvalue weighted by molar-refractivity contribution is -0.150. The van der Waals surface area contributed by atoms with E-state index < -0.39 is 24.1 Å². The molecule has 7 nitrogen and oxygen atoms in total. The number of carbonyl (C=O) groups is 3. The predicted molar refractivity (Wildman–Crippen MR) is 80.3 cm³/mol. The molecule has 2 aliphatic rings. The second-order valence-electron chi connectivity index (χ2n) is 4.96. The minimum atomic E-state index is -0.998. The van der Waals surface area contributed by atoms with E-state index in [2.05, 4.69) is 10.1 Å². The van der Waals surface area contributed by atoms with Crippen molar-refractivity contribution >= 4 is 18.0 Å². The molecule has 0 aromatic heterocycles. The molecule has 0 saturated carbocycles. The van der Waals surface area contributed by atoms with Gasteiger partial charge < -0.3 is 20.1 Å². The highest BCUT2D eigenvalue weighted by atomic mass is 16.5. The molecule has 3 atom stereocenters. The summed E-state index contributed by atoms with van der Waals surface area (Å²) in [7, 11) is 1.22. The number of carboxylic acids is 1. The number of methoxy groups -OCH3 is 1. The molecule has 0 radical (unpaired) electrons. The van der Waals surface area contributed by atoms with E-state index in [0.29, 0.717) is 25.7 Å². The smallest absolute Gasteiger partial charge is 0.407 e. The number of nitrogens with one attached hydrogen (secondary N) is 1. The highest BCUT2D eigenvalue weighted by Crippen LogP contribution is 2.29. The van der Waals surface area contributed by atoms with Crippen molar-refractivity contribution in [3.63, 3.8) is 0 Å². The minimum absolute atomic E-state index is 0.109. The monoisotopic (exact) mass is 312 g/mol. The van der Waals surface area contributed by atoms with Gasteiger partial charge in [0.25, 0.3) is 0 Å². The van der Waals surface area contributed by atoms with Crippen LogP contribution in [0.1, 0.15) is 39.5 Å². The van der Waals surface area contributed by atoms with Crippen LogP contribution in [-0.2, 0) is 14.3 Å². The standard InChI is InChI=1S/C13H18N2O5.C2H6/c1-20-13(19)14-9-5-3-2-4-8-6-7-10(12(17)18)15(8)11(9)16;1-2/h2-3,8-10H,4-7H2,1H3,(H,14,19)(H,17,18);1-2H3/b3-2-;/t8-,9+,10+;/m1./s1. The fourth-order valence-corrected chi connectivity index (χ4v) is 2.78. The van der Waals surface area contributed by atoms with Crippen molar-refractivity contribution < 1.29 is 24.2 Å². The molecular formula is C15H24N2O5. The Balaban J connectivity index is 0.00000116. The molecule has 2 amide bonds. The van der Waals surface area contributed by atoms with E-state index in [-0.39, 0.29) is 11.9 Å². The zero-order valence-electron chi connectivity index (χ0n) is 13.2. The van der Waals surface area contributed by atoms with Crippen LogP contribution in [0, 0.1) is 0 Å². The normalized spacial score (nSPS) is 28.4. The number of fused-ring (bicyclic) bond motifs is 1. The number of hydrogen-bond acceptors (Lipinski definition) is 4. The number of ether oxygens (including phenoxy) is 1. The van der Waals surface area contributed by atoms with Crippen LogP contribution in [0.2, 0.25) is 0 Å². The molecule has 22 heavy (non-hydrogen) atoms. The lowest BCUT2D eigenvalue weighted by Crippen LogP contribution is -2.54. The molecule has 0 aromatic rings. The van der Waals surface area contributed by atoms with Crippen molar-refractivity contribution in [3.8, 4) is 0 Å². The summed E-state index contributed by atoms with van der Waals surface area (Å²) in [5.41, 5.74) is 0. The summed E-state index contributed by atoms with van der Waals surface area (Å²) < 4.78 is 4.50. The predicted octanol–water partition coefficient (Wildman–Crippen LogP) is 1.53. The quantitative estimate of drug-likeness (QED) is 0.754. The molecule has 1 fully saturated rings. The highest BCUT2D eigenvalue weighted by molar-refractivity contribution is 5.90. The average molecular weight is 312 g/mol. The Morgan fingerprint density at radius 2 is 1.91 bits per heavy atom. The van der Waals surface area contributed by atoms with Gasteiger partial charge in [-0.15, -0.1) is 0 Å². The van der Waals surface area contributed by atoms with E-state index in [0.717, 1.165) is 0 Å². The topological polar surface area (TPSA) is 95.9 Å². The molecule has 1 saturated heterocycles. The Bertz CT molecular complexity index is 449. The van der Waals surface area contributed by atoms with Crippen LogP contribution in [-0.4, -0.2) is 53.2 Å². The van der Waals surface area contributed by atoms with Crippen molar-refractivity contribution in [2.45, 2.75) is 57.7 Å². The number of rotatable bonds is 2. The van der Waals surface area contributed by atoms with Crippen LogP contribution in [0.4, 0.5) is 4.79 Å². The fourth-order valence-electron chi connectivity index (χ4n) is 2.78. The number of amides is 2. The van der Waals surface area contributed by atoms with Crippen LogP contribution < -0.4 is 5.32 Å². The van der Waals surface area contributed by atoms with E-state index in [1.54, 1.807) is 0 Å². The molecule has 0 spiro atoms. The van der Waals surface area contributed by atoms with E-state index in [1.807, 2.05) is 26.0 Å².